The summed E-state index contributed by atoms with van der Waals surface area (Å²) in [5, 5.41) is 0. The summed E-state index contributed by atoms with van der Waals surface area (Å²) in [6.45, 7) is 15.2. The molecule has 21 heavy (non-hydrogen) atoms. The molecule has 0 aliphatic carbocycles. The van der Waals surface area contributed by atoms with Crippen molar-refractivity contribution in [3.05, 3.63) is 0 Å². The zero-order valence-corrected chi connectivity index (χ0v) is 19.9. The van der Waals surface area contributed by atoms with E-state index in [0.29, 0.717) is 0 Å². The van der Waals surface area contributed by atoms with Crippen molar-refractivity contribution in [1.29, 1.82) is 0 Å². The van der Waals surface area contributed by atoms with Crippen LogP contribution in [0.2, 0.25) is 32.7 Å². The van der Waals surface area contributed by atoms with Crippen LogP contribution in [-0.2, 0) is 17.7 Å². The minimum atomic E-state index is -2.19. The molecule has 0 aliphatic heterocycles. The maximum absolute atomic E-state index is 5.39. The third-order valence-corrected chi connectivity index (χ3v) is 5.90. The number of hydrogen-bond donors (Lipinski definition) is 0. The first-order valence-electron chi connectivity index (χ1n) is 6.69. The molecule has 0 radical (unpaired) electrons. The van der Waals surface area contributed by atoms with E-state index in [1.54, 1.807) is 20.8 Å². The van der Waals surface area contributed by atoms with Crippen molar-refractivity contribution in [3.63, 3.8) is 0 Å². The van der Waals surface area contributed by atoms with Crippen LogP contribution >= 0.6 is 33.2 Å². The fourth-order valence-corrected chi connectivity index (χ4v) is 2.46. The first-order valence-corrected chi connectivity index (χ1v) is 17.9. The SMILES string of the molecule is CCO[Si](C)(C)OCC.CO[Si](C)(C)OC.C[Si](Cl)(Cl)Cl. The van der Waals surface area contributed by atoms with Gasteiger partial charge in [-0.3, -0.25) is 0 Å². The van der Waals surface area contributed by atoms with Crippen LogP contribution in [0.25, 0.3) is 0 Å². The number of hydrogen-bond acceptors (Lipinski definition) is 4. The molecule has 0 atom stereocenters. The standard InChI is InChI=1S/C6H16O2Si.C4H12O2Si.CH3Cl3Si/c1-5-7-9(3,4)8-6-2;1-5-7(3,4)6-2;1-5(2,3)4/h5-6H2,1-4H3;1-4H3;1H3. The van der Waals surface area contributed by atoms with E-state index in [0.717, 1.165) is 13.2 Å². The summed E-state index contributed by atoms with van der Waals surface area (Å²) in [7, 11) is -0.00193. The van der Waals surface area contributed by atoms with Crippen LogP contribution in [0.3, 0.4) is 0 Å². The molecule has 132 valence electrons. The fourth-order valence-electron chi connectivity index (χ4n) is 0.820. The Bertz CT molecular complexity index is 219. The van der Waals surface area contributed by atoms with Gasteiger partial charge in [-0.2, -0.15) is 0 Å². The quantitative estimate of drug-likeness (QED) is 0.449. The van der Waals surface area contributed by atoms with E-state index in [-0.39, 0.29) is 0 Å². The predicted molar refractivity (Wildman–Crippen MR) is 101 cm³/mol. The smallest absolute Gasteiger partial charge is 0.338 e. The van der Waals surface area contributed by atoms with Gasteiger partial charge < -0.3 is 17.7 Å². The third kappa shape index (κ3) is 33.9. The lowest BCUT2D eigenvalue weighted by Crippen LogP contribution is -2.34. The Kier molecular flexibility index (Phi) is 17.8. The minimum absolute atomic E-state index is 0.763. The highest BCUT2D eigenvalue weighted by Crippen LogP contribution is 2.17. The van der Waals surface area contributed by atoms with Gasteiger partial charge >= 0.3 is 23.1 Å². The topological polar surface area (TPSA) is 36.9 Å². The maximum atomic E-state index is 5.39. The molecule has 0 rings (SSSR count). The lowest BCUT2D eigenvalue weighted by atomic mass is 10.9. The molecule has 0 fully saturated rings. The molecule has 0 aliphatic rings. The Hall–Kier alpha value is 1.36. The van der Waals surface area contributed by atoms with Gasteiger partial charge in [-0.05, 0) is 46.6 Å². The van der Waals surface area contributed by atoms with Crippen LogP contribution in [0.15, 0.2) is 0 Å². The van der Waals surface area contributed by atoms with Gasteiger partial charge in [0.1, 0.15) is 0 Å². The first-order chi connectivity index (χ1) is 9.24. The Morgan fingerprint density at radius 1 is 0.667 bits per heavy atom. The van der Waals surface area contributed by atoms with E-state index in [1.165, 1.54) is 0 Å². The van der Waals surface area contributed by atoms with Gasteiger partial charge in [0.25, 0.3) is 0 Å². The second kappa shape index (κ2) is 13.8. The Labute approximate surface area is 148 Å². The molecule has 0 saturated heterocycles. The van der Waals surface area contributed by atoms with Crippen LogP contribution in [0, 0.1) is 0 Å². The van der Waals surface area contributed by atoms with Crippen LogP contribution in [0.1, 0.15) is 13.8 Å². The van der Waals surface area contributed by atoms with E-state index in [4.69, 9.17) is 50.9 Å². The second-order valence-corrected chi connectivity index (χ2v) is 22.0. The van der Waals surface area contributed by atoms with Crippen molar-refractivity contribution < 1.29 is 17.7 Å². The average Bonchev–Trinajstić information content (AvgIpc) is 2.27. The Morgan fingerprint density at radius 2 is 0.905 bits per heavy atom. The molecule has 0 bridgehead atoms. The van der Waals surface area contributed by atoms with Gasteiger partial charge in [0, 0.05) is 27.4 Å². The number of rotatable bonds is 6. The van der Waals surface area contributed by atoms with Gasteiger partial charge in [0.2, 0.25) is 0 Å². The van der Waals surface area contributed by atoms with E-state index < -0.39 is 23.1 Å². The van der Waals surface area contributed by atoms with Crippen molar-refractivity contribution >= 4 is 56.4 Å². The molecule has 0 N–H and O–H groups in total. The highest BCUT2D eigenvalue weighted by molar-refractivity contribution is 7.64. The Morgan fingerprint density at radius 3 is 1.00 bits per heavy atom. The lowest BCUT2D eigenvalue weighted by molar-refractivity contribution is 0.196. The summed E-state index contributed by atoms with van der Waals surface area (Å²) in [5.74, 6) is 0. The van der Waals surface area contributed by atoms with Gasteiger partial charge in [-0.1, -0.05) is 0 Å². The molecule has 0 spiro atoms. The van der Waals surface area contributed by atoms with Crippen molar-refractivity contribution in [1.82, 2.24) is 0 Å². The molecule has 10 heteroatoms. The lowest BCUT2D eigenvalue weighted by Gasteiger charge is -2.20. The largest absolute Gasteiger partial charge is 0.398 e. The molecule has 0 aromatic heterocycles. The van der Waals surface area contributed by atoms with Crippen molar-refractivity contribution in [3.8, 4) is 0 Å². The van der Waals surface area contributed by atoms with Crippen LogP contribution in [0.5, 0.6) is 0 Å². The van der Waals surface area contributed by atoms with E-state index in [1.807, 2.05) is 26.9 Å². The second-order valence-electron chi connectivity index (χ2n) is 4.86. The summed E-state index contributed by atoms with van der Waals surface area (Å²) in [5.41, 5.74) is 0. The van der Waals surface area contributed by atoms with Crippen LogP contribution in [-0.4, -0.2) is 50.6 Å². The van der Waals surface area contributed by atoms with Gasteiger partial charge in [0.05, 0.1) is 0 Å². The summed E-state index contributed by atoms with van der Waals surface area (Å²) in [6, 6.07) is -2.19. The van der Waals surface area contributed by atoms with Crippen molar-refractivity contribution in [2.75, 3.05) is 27.4 Å². The van der Waals surface area contributed by atoms with Crippen molar-refractivity contribution in [2.24, 2.45) is 0 Å². The summed E-state index contributed by atoms with van der Waals surface area (Å²) < 4.78 is 20.8. The van der Waals surface area contributed by atoms with E-state index >= 15 is 0 Å². The zero-order valence-electron chi connectivity index (χ0n) is 14.7. The fraction of sp³-hybridized carbons (Fsp3) is 1.00. The molecule has 0 aromatic rings. The molecule has 0 aromatic carbocycles. The number of halogens is 3. The molecule has 0 amide bonds. The predicted octanol–water partition coefficient (Wildman–Crippen LogP) is 5.01. The molecular formula is C11H31Cl3O4Si3. The zero-order chi connectivity index (χ0) is 17.7. The minimum Gasteiger partial charge on any atom is -0.398 e. The summed E-state index contributed by atoms with van der Waals surface area (Å²) >= 11 is 15.6. The highest BCUT2D eigenvalue weighted by atomic mass is 35.8. The van der Waals surface area contributed by atoms with Crippen LogP contribution in [0.4, 0.5) is 0 Å². The third-order valence-electron chi connectivity index (χ3n) is 1.97. The van der Waals surface area contributed by atoms with Crippen LogP contribution < -0.4 is 0 Å². The molecule has 4 nitrogen and oxygen atoms in total. The van der Waals surface area contributed by atoms with Gasteiger partial charge in [0.15, 0.2) is 0 Å². The molecule has 0 heterocycles. The highest BCUT2D eigenvalue weighted by Gasteiger charge is 2.22. The van der Waals surface area contributed by atoms with Crippen molar-refractivity contribution in [2.45, 2.75) is 46.6 Å². The van der Waals surface area contributed by atoms with E-state index in [9.17, 15) is 0 Å². The van der Waals surface area contributed by atoms with Gasteiger partial charge in [-0.15, -0.1) is 33.2 Å². The summed E-state index contributed by atoms with van der Waals surface area (Å²) in [6.07, 6.45) is 0. The molecular weight excluding hydrogens is 387 g/mol. The molecule has 0 unspecified atom stereocenters. The summed E-state index contributed by atoms with van der Waals surface area (Å²) in [4.78, 5) is 0. The van der Waals surface area contributed by atoms with Gasteiger partial charge in [-0.25, -0.2) is 0 Å². The average molecular weight is 418 g/mol. The first kappa shape index (κ1) is 27.2. The monoisotopic (exact) mass is 416 g/mol. The van der Waals surface area contributed by atoms with E-state index in [2.05, 4.69) is 13.1 Å². The normalized spacial score (nSPS) is 12.0. The molecule has 0 saturated carbocycles. The Balaban J connectivity index is -0.000000242. The maximum Gasteiger partial charge on any atom is 0.338 e.